The summed E-state index contributed by atoms with van der Waals surface area (Å²) in [6.07, 6.45) is 0.183. The highest BCUT2D eigenvalue weighted by molar-refractivity contribution is 7.89. The van der Waals surface area contributed by atoms with Crippen LogP contribution >= 0.6 is 0 Å². The minimum Gasteiger partial charge on any atom is -0.501 e. The second-order valence-electron chi connectivity index (χ2n) is 7.62. The normalized spacial score (nSPS) is 16.5. The number of carbonyl (C=O) groups is 1. The molecule has 0 unspecified atom stereocenters. The molecule has 0 amide bonds. The molecule has 33 heavy (non-hydrogen) atoms. The molecule has 0 spiro atoms. The van der Waals surface area contributed by atoms with E-state index in [4.69, 9.17) is 9.47 Å². The summed E-state index contributed by atoms with van der Waals surface area (Å²) in [6, 6.07) is 6.51. The van der Waals surface area contributed by atoms with E-state index in [0.29, 0.717) is 0 Å². The number of sulfonamides is 1. The van der Waals surface area contributed by atoms with Crippen LogP contribution in [0.1, 0.15) is 41.6 Å². The highest BCUT2D eigenvalue weighted by Gasteiger charge is 2.43. The summed E-state index contributed by atoms with van der Waals surface area (Å²) in [5, 5.41) is 19.3. The Morgan fingerprint density at radius 2 is 1.88 bits per heavy atom. The number of benzene rings is 1. The molecule has 1 aliphatic heterocycles. The number of aromatic nitrogens is 2. The van der Waals surface area contributed by atoms with Gasteiger partial charge in [0.1, 0.15) is 11.4 Å². The van der Waals surface area contributed by atoms with Gasteiger partial charge in [-0.05, 0) is 38.8 Å². The summed E-state index contributed by atoms with van der Waals surface area (Å²) < 4.78 is 38.1. The van der Waals surface area contributed by atoms with Crippen LogP contribution < -0.4 is 5.56 Å². The number of H-pyrrole nitrogens is 1. The molecule has 1 aromatic carbocycles. The van der Waals surface area contributed by atoms with E-state index >= 15 is 0 Å². The molecule has 3 rings (SSSR count). The van der Waals surface area contributed by atoms with E-state index in [1.807, 2.05) is 6.92 Å². The van der Waals surface area contributed by atoms with Crippen molar-refractivity contribution in [3.8, 4) is 5.75 Å². The van der Waals surface area contributed by atoms with Gasteiger partial charge in [0, 0.05) is 13.1 Å². The number of aliphatic hydroxyl groups is 1. The lowest BCUT2D eigenvalue weighted by atomic mass is 9.91. The van der Waals surface area contributed by atoms with Gasteiger partial charge in [-0.2, -0.15) is 4.31 Å². The molecule has 3 N–H and O–H groups in total. The molecule has 0 saturated carbocycles. The zero-order valence-corrected chi connectivity index (χ0v) is 19.2. The van der Waals surface area contributed by atoms with E-state index < -0.39 is 38.6 Å². The Balaban J connectivity index is 1.94. The SMILES string of the molecule is CCOC(=O)c1nc(C2(OCCO)CCN(S(=O)(=O)c3ccc(C)cc3)CC2)[nH]c(=O)c1O. The van der Waals surface area contributed by atoms with Crippen LogP contribution in [0.3, 0.4) is 0 Å². The third kappa shape index (κ3) is 5.08. The van der Waals surface area contributed by atoms with E-state index in [0.717, 1.165) is 5.56 Å². The Bertz CT molecular complexity index is 1150. The molecule has 11 nitrogen and oxygen atoms in total. The van der Waals surface area contributed by atoms with Crippen LogP contribution in [-0.4, -0.2) is 71.8 Å². The van der Waals surface area contributed by atoms with Gasteiger partial charge in [-0.15, -0.1) is 0 Å². The lowest BCUT2D eigenvalue weighted by Gasteiger charge is -2.40. The van der Waals surface area contributed by atoms with Crippen LogP contribution in [0.15, 0.2) is 34.0 Å². The minimum atomic E-state index is -3.75. The highest BCUT2D eigenvalue weighted by Crippen LogP contribution is 2.37. The molecule has 180 valence electrons. The number of hydrogen-bond donors (Lipinski definition) is 3. The Hall–Kier alpha value is -2.80. The van der Waals surface area contributed by atoms with Crippen LogP contribution in [0.4, 0.5) is 0 Å². The first-order valence-electron chi connectivity index (χ1n) is 10.5. The van der Waals surface area contributed by atoms with Crippen molar-refractivity contribution in [3.05, 3.63) is 51.7 Å². The molecular formula is C21H27N3O8S. The largest absolute Gasteiger partial charge is 0.501 e. The molecule has 0 aliphatic carbocycles. The van der Waals surface area contributed by atoms with Crippen molar-refractivity contribution < 1.29 is 32.9 Å². The Morgan fingerprint density at radius 3 is 2.45 bits per heavy atom. The molecule has 2 heterocycles. The average molecular weight is 482 g/mol. The number of aromatic hydroxyl groups is 1. The summed E-state index contributed by atoms with van der Waals surface area (Å²) in [5.74, 6) is -1.90. The van der Waals surface area contributed by atoms with Gasteiger partial charge in [0.15, 0.2) is 5.69 Å². The quantitative estimate of drug-likeness (QED) is 0.460. The van der Waals surface area contributed by atoms with Crippen LogP contribution in [0.2, 0.25) is 0 Å². The third-order valence-corrected chi connectivity index (χ3v) is 7.37. The second-order valence-corrected chi connectivity index (χ2v) is 9.55. The monoisotopic (exact) mass is 481 g/mol. The third-order valence-electron chi connectivity index (χ3n) is 5.45. The Morgan fingerprint density at radius 1 is 1.24 bits per heavy atom. The number of carbonyl (C=O) groups excluding carboxylic acids is 1. The predicted molar refractivity (Wildman–Crippen MR) is 116 cm³/mol. The van der Waals surface area contributed by atoms with Crippen molar-refractivity contribution >= 4 is 16.0 Å². The number of aliphatic hydroxyl groups excluding tert-OH is 1. The number of ether oxygens (including phenoxy) is 2. The molecular weight excluding hydrogens is 454 g/mol. The summed E-state index contributed by atoms with van der Waals surface area (Å²) in [4.78, 5) is 31.2. The number of esters is 1. The molecule has 12 heteroatoms. The van der Waals surface area contributed by atoms with Crippen LogP contribution in [-0.2, 0) is 25.1 Å². The van der Waals surface area contributed by atoms with Crippen molar-refractivity contribution in [1.82, 2.24) is 14.3 Å². The van der Waals surface area contributed by atoms with Gasteiger partial charge < -0.3 is 24.7 Å². The van der Waals surface area contributed by atoms with E-state index in [9.17, 15) is 28.2 Å². The van der Waals surface area contributed by atoms with Gasteiger partial charge in [0.2, 0.25) is 15.8 Å². The number of nitrogens with zero attached hydrogens (tertiary/aromatic N) is 2. The van der Waals surface area contributed by atoms with Crippen molar-refractivity contribution in [2.45, 2.75) is 37.2 Å². The van der Waals surface area contributed by atoms with Crippen molar-refractivity contribution in [3.63, 3.8) is 0 Å². The van der Waals surface area contributed by atoms with Gasteiger partial charge in [-0.3, -0.25) is 4.79 Å². The number of rotatable bonds is 8. The molecule has 0 bridgehead atoms. The van der Waals surface area contributed by atoms with E-state index in [-0.39, 0.29) is 56.5 Å². The topological polar surface area (TPSA) is 159 Å². The van der Waals surface area contributed by atoms with Gasteiger partial charge in [-0.25, -0.2) is 18.2 Å². The zero-order chi connectivity index (χ0) is 24.2. The first kappa shape index (κ1) is 24.8. The van der Waals surface area contributed by atoms with E-state index in [2.05, 4.69) is 9.97 Å². The van der Waals surface area contributed by atoms with Gasteiger partial charge in [0.25, 0.3) is 5.56 Å². The highest BCUT2D eigenvalue weighted by atomic mass is 32.2. The summed E-state index contributed by atoms with van der Waals surface area (Å²) >= 11 is 0. The summed E-state index contributed by atoms with van der Waals surface area (Å²) in [7, 11) is -3.75. The van der Waals surface area contributed by atoms with E-state index in [1.165, 1.54) is 4.31 Å². The number of aryl methyl sites for hydroxylation is 1. The Kier molecular flexibility index (Phi) is 7.52. The molecule has 0 atom stereocenters. The molecule has 0 radical (unpaired) electrons. The number of nitrogens with one attached hydrogen (secondary N) is 1. The maximum Gasteiger partial charge on any atom is 0.361 e. The van der Waals surface area contributed by atoms with Crippen LogP contribution in [0, 0.1) is 6.92 Å². The number of piperidine rings is 1. The van der Waals surface area contributed by atoms with Crippen molar-refractivity contribution in [2.24, 2.45) is 0 Å². The molecule has 1 saturated heterocycles. The van der Waals surface area contributed by atoms with Gasteiger partial charge >= 0.3 is 5.97 Å². The van der Waals surface area contributed by atoms with Gasteiger partial charge in [0.05, 0.1) is 24.7 Å². The van der Waals surface area contributed by atoms with Crippen LogP contribution in [0.5, 0.6) is 5.75 Å². The maximum atomic E-state index is 13.1. The lowest BCUT2D eigenvalue weighted by molar-refractivity contribution is -0.0960. The minimum absolute atomic E-state index is 0.0140. The molecule has 1 fully saturated rings. The zero-order valence-electron chi connectivity index (χ0n) is 18.4. The first-order chi connectivity index (χ1) is 15.6. The summed E-state index contributed by atoms with van der Waals surface area (Å²) in [5.41, 5.74) is -1.86. The van der Waals surface area contributed by atoms with E-state index in [1.54, 1.807) is 31.2 Å². The fourth-order valence-corrected chi connectivity index (χ4v) is 5.10. The predicted octanol–water partition coefficient (Wildman–Crippen LogP) is 0.650. The first-order valence-corrected chi connectivity index (χ1v) is 11.9. The fraction of sp³-hybridized carbons (Fsp3) is 0.476. The fourth-order valence-electron chi connectivity index (χ4n) is 3.66. The lowest BCUT2D eigenvalue weighted by Crippen LogP contribution is -2.48. The molecule has 1 aromatic heterocycles. The summed E-state index contributed by atoms with van der Waals surface area (Å²) in [6.45, 7) is 3.10. The standard InChI is InChI=1S/C21H27N3O8S/c1-3-31-19(28)16-17(26)18(27)23-20(22-16)21(32-13-12-25)8-10-24(11-9-21)33(29,30)15-6-4-14(2)5-7-15/h4-7,25-26H,3,8-13H2,1-2H3,(H,22,23,27). The number of hydrogen-bond acceptors (Lipinski definition) is 9. The maximum absolute atomic E-state index is 13.1. The van der Waals surface area contributed by atoms with Gasteiger partial charge in [-0.1, -0.05) is 17.7 Å². The molecule has 1 aliphatic rings. The molecule has 2 aromatic rings. The van der Waals surface area contributed by atoms with Crippen LogP contribution in [0.25, 0.3) is 0 Å². The van der Waals surface area contributed by atoms with Crippen molar-refractivity contribution in [2.75, 3.05) is 32.9 Å². The smallest absolute Gasteiger partial charge is 0.361 e. The second kappa shape index (κ2) is 10.00. The number of aromatic amines is 1. The average Bonchev–Trinajstić information content (AvgIpc) is 2.80. The Labute approximate surface area is 191 Å². The van der Waals surface area contributed by atoms with Crippen molar-refractivity contribution in [1.29, 1.82) is 0 Å².